The molecule has 0 radical (unpaired) electrons. The molecule has 7 heteroatoms. The van der Waals surface area contributed by atoms with E-state index in [9.17, 15) is 5.26 Å². The molecule has 4 rings (SSSR count). The molecule has 23 heavy (non-hydrogen) atoms. The Labute approximate surface area is 138 Å². The Balaban J connectivity index is 1.80. The van der Waals surface area contributed by atoms with E-state index in [1.54, 1.807) is 15.9 Å². The number of nitriles is 1. The maximum absolute atomic E-state index is 9.21. The number of hydrogen-bond donors (Lipinski definition) is 1. The molecule has 0 saturated carbocycles. The third kappa shape index (κ3) is 2.49. The molecule has 2 N–H and O–H groups in total. The maximum Gasteiger partial charge on any atom is 0.268 e. The van der Waals surface area contributed by atoms with Crippen molar-refractivity contribution in [2.24, 2.45) is 0 Å². The Morgan fingerprint density at radius 2 is 2.39 bits per heavy atom. The van der Waals surface area contributed by atoms with E-state index in [4.69, 9.17) is 10.7 Å². The number of hydrogen-bond acceptors (Lipinski definition) is 5. The molecule has 0 aromatic carbocycles. The molecular formula is C16H16BN5S. The number of nitrogen functional groups attached to an aromatic ring is 1. The summed E-state index contributed by atoms with van der Waals surface area (Å²) in [6.45, 7) is 0.134. The van der Waals surface area contributed by atoms with Crippen LogP contribution in [-0.2, 0) is 0 Å². The lowest BCUT2D eigenvalue weighted by Crippen LogP contribution is -2.21. The fourth-order valence-electron chi connectivity index (χ4n) is 3.41. The van der Waals surface area contributed by atoms with E-state index in [1.165, 1.54) is 0 Å². The summed E-state index contributed by atoms with van der Waals surface area (Å²) in [4.78, 5) is 4.86. The van der Waals surface area contributed by atoms with Gasteiger partial charge in [-0.05, 0) is 34.7 Å². The van der Waals surface area contributed by atoms with Gasteiger partial charge in [-0.15, -0.1) is 0 Å². The molecule has 3 aromatic heterocycles. The van der Waals surface area contributed by atoms with Gasteiger partial charge >= 0.3 is 0 Å². The lowest BCUT2D eigenvalue weighted by atomic mass is 9.41. The van der Waals surface area contributed by atoms with Crippen molar-refractivity contribution in [1.82, 2.24) is 14.6 Å². The van der Waals surface area contributed by atoms with Crippen molar-refractivity contribution in [2.75, 3.05) is 5.73 Å². The Hall–Kier alpha value is -2.33. The maximum atomic E-state index is 9.21. The first-order chi connectivity index (χ1) is 11.3. The van der Waals surface area contributed by atoms with Gasteiger partial charge in [0.25, 0.3) is 6.71 Å². The largest absolute Gasteiger partial charge is 0.384 e. The summed E-state index contributed by atoms with van der Waals surface area (Å²) in [6, 6.07) is 3.99. The van der Waals surface area contributed by atoms with Gasteiger partial charge in [0.2, 0.25) is 0 Å². The Morgan fingerprint density at radius 3 is 3.17 bits per heavy atom. The summed E-state index contributed by atoms with van der Waals surface area (Å²) in [5, 5.41) is 17.7. The van der Waals surface area contributed by atoms with Gasteiger partial charge in [0, 0.05) is 23.3 Å². The monoisotopic (exact) mass is 321 g/mol. The van der Waals surface area contributed by atoms with Crippen molar-refractivity contribution in [1.29, 1.82) is 5.26 Å². The van der Waals surface area contributed by atoms with Crippen molar-refractivity contribution in [3.05, 3.63) is 34.8 Å². The van der Waals surface area contributed by atoms with E-state index >= 15 is 0 Å². The molecular weight excluding hydrogens is 305 g/mol. The average molecular weight is 321 g/mol. The zero-order valence-electron chi connectivity index (χ0n) is 12.6. The van der Waals surface area contributed by atoms with E-state index in [0.717, 1.165) is 47.9 Å². The van der Waals surface area contributed by atoms with Crippen LogP contribution in [0.15, 0.2) is 29.1 Å². The first-order valence-electron chi connectivity index (χ1n) is 7.82. The summed E-state index contributed by atoms with van der Waals surface area (Å²) in [5.74, 6) is 3.32. The van der Waals surface area contributed by atoms with Crippen molar-refractivity contribution in [2.45, 2.75) is 31.4 Å². The number of thiophene rings is 1. The molecule has 1 fully saturated rings. The number of nitrogens with zero attached hydrogens (tertiary/aromatic N) is 4. The van der Waals surface area contributed by atoms with Crippen LogP contribution < -0.4 is 5.73 Å². The summed E-state index contributed by atoms with van der Waals surface area (Å²) in [6.07, 6.45) is 5.84. The normalized spacial score (nSPS) is 18.2. The van der Waals surface area contributed by atoms with Gasteiger partial charge in [-0.3, -0.25) is 0 Å². The number of anilines is 1. The second-order valence-corrected chi connectivity index (χ2v) is 6.88. The Bertz CT molecular complexity index is 880. The minimum atomic E-state index is 0.134. The second-order valence-electron chi connectivity index (χ2n) is 6.10. The quantitative estimate of drug-likeness (QED) is 0.733. The highest BCUT2D eigenvalue weighted by molar-refractivity contribution is 7.08. The zero-order chi connectivity index (χ0) is 15.8. The van der Waals surface area contributed by atoms with Crippen LogP contribution in [0.3, 0.4) is 0 Å². The van der Waals surface area contributed by atoms with Gasteiger partial charge in [0.1, 0.15) is 5.82 Å². The first-order valence-corrected chi connectivity index (χ1v) is 8.77. The van der Waals surface area contributed by atoms with Crippen LogP contribution in [0.1, 0.15) is 24.5 Å². The number of rotatable bonds is 2. The Kier molecular flexibility index (Phi) is 3.54. The van der Waals surface area contributed by atoms with Gasteiger partial charge in [-0.2, -0.15) is 21.0 Å². The molecule has 1 atom stereocenters. The fraction of sp³-hybridized carbons (Fsp3) is 0.312. The lowest BCUT2D eigenvalue weighted by Gasteiger charge is -2.23. The minimum Gasteiger partial charge on any atom is -0.384 e. The fourth-order valence-corrected chi connectivity index (χ4v) is 4.07. The molecule has 1 aliphatic heterocycles. The molecule has 5 nitrogen and oxygen atoms in total. The van der Waals surface area contributed by atoms with Crippen LogP contribution in [0.2, 0.25) is 12.6 Å². The van der Waals surface area contributed by atoms with Crippen molar-refractivity contribution >= 4 is 29.5 Å². The molecule has 1 aliphatic rings. The van der Waals surface area contributed by atoms with Crippen LogP contribution in [0.25, 0.3) is 16.8 Å². The predicted molar refractivity (Wildman–Crippen MR) is 93.7 cm³/mol. The summed E-state index contributed by atoms with van der Waals surface area (Å²) in [5.41, 5.74) is 10.1. The summed E-state index contributed by atoms with van der Waals surface area (Å²) >= 11 is 1.65. The highest BCUT2D eigenvalue weighted by Gasteiger charge is 2.28. The van der Waals surface area contributed by atoms with Crippen LogP contribution in [-0.4, -0.2) is 21.3 Å². The van der Waals surface area contributed by atoms with Gasteiger partial charge in [-0.1, -0.05) is 19.1 Å². The third-order valence-electron chi connectivity index (χ3n) is 4.63. The molecule has 1 saturated heterocycles. The molecule has 0 aliphatic carbocycles. The third-order valence-corrected chi connectivity index (χ3v) is 5.31. The van der Waals surface area contributed by atoms with Crippen LogP contribution in [0.4, 0.5) is 5.82 Å². The van der Waals surface area contributed by atoms with Gasteiger partial charge in [0.05, 0.1) is 6.20 Å². The van der Waals surface area contributed by atoms with Gasteiger partial charge in [-0.25, -0.2) is 10.2 Å². The van der Waals surface area contributed by atoms with Crippen molar-refractivity contribution in [3.8, 4) is 17.1 Å². The molecule has 4 heterocycles. The molecule has 1 unspecified atom stereocenters. The molecule has 3 aromatic rings. The molecule has 114 valence electrons. The SMILES string of the molecule is N#CB1CCCC(c2cc(N)n3ncc(-c4ccsc4)c3n2)C1. The van der Waals surface area contributed by atoms with Gasteiger partial charge in [0.15, 0.2) is 5.65 Å². The number of fused-ring (bicyclic) bond motifs is 1. The number of nitrogens with two attached hydrogens (primary N) is 1. The van der Waals surface area contributed by atoms with E-state index in [2.05, 4.69) is 22.5 Å². The van der Waals surface area contributed by atoms with E-state index in [0.29, 0.717) is 11.7 Å². The Morgan fingerprint density at radius 1 is 1.48 bits per heavy atom. The van der Waals surface area contributed by atoms with Crippen molar-refractivity contribution < 1.29 is 0 Å². The highest BCUT2D eigenvalue weighted by Crippen LogP contribution is 2.35. The van der Waals surface area contributed by atoms with Crippen LogP contribution in [0, 0.1) is 11.2 Å². The highest BCUT2D eigenvalue weighted by atomic mass is 32.1. The first kappa shape index (κ1) is 14.3. The van der Waals surface area contributed by atoms with Crippen molar-refractivity contribution in [3.63, 3.8) is 0 Å². The van der Waals surface area contributed by atoms with E-state index < -0.39 is 0 Å². The predicted octanol–water partition coefficient (Wildman–Crippen LogP) is 3.47. The smallest absolute Gasteiger partial charge is 0.268 e. The lowest BCUT2D eigenvalue weighted by molar-refractivity contribution is 0.614. The summed E-state index contributed by atoms with van der Waals surface area (Å²) < 4.78 is 1.70. The summed E-state index contributed by atoms with van der Waals surface area (Å²) in [7, 11) is 0. The van der Waals surface area contributed by atoms with E-state index in [-0.39, 0.29) is 6.71 Å². The second kappa shape index (κ2) is 5.71. The van der Waals surface area contributed by atoms with Gasteiger partial charge < -0.3 is 5.73 Å². The van der Waals surface area contributed by atoms with Crippen LogP contribution in [0.5, 0.6) is 0 Å². The number of aromatic nitrogens is 3. The standard InChI is InChI=1S/C16H16BN5S/c18-10-17-4-1-2-11(7-17)14-6-15(19)22-16(21-14)13(8-20-22)12-3-5-23-9-12/h3,5-6,8-9,11H,1-2,4,7,19H2. The zero-order valence-corrected chi connectivity index (χ0v) is 13.5. The minimum absolute atomic E-state index is 0.134. The molecule has 0 amide bonds. The topological polar surface area (TPSA) is 80.0 Å². The molecule has 0 spiro atoms. The average Bonchev–Trinajstić information content (AvgIpc) is 3.23. The van der Waals surface area contributed by atoms with Crippen LogP contribution >= 0.6 is 11.3 Å². The molecule has 0 bridgehead atoms. The van der Waals surface area contributed by atoms with E-state index in [1.807, 2.05) is 17.6 Å².